The molecule has 0 aromatic heterocycles. The van der Waals surface area contributed by atoms with Crippen molar-refractivity contribution < 1.29 is 0 Å². The normalized spacial score (nSPS) is 12.0. The van der Waals surface area contributed by atoms with Crippen molar-refractivity contribution >= 4 is 21.6 Å². The molecule has 21 heavy (non-hydrogen) atoms. The van der Waals surface area contributed by atoms with Crippen molar-refractivity contribution in [1.29, 1.82) is 5.26 Å². The first-order chi connectivity index (χ1) is 10.1. The van der Waals surface area contributed by atoms with Crippen LogP contribution in [0.4, 0.5) is 5.69 Å². The molecule has 0 saturated heterocycles. The highest BCUT2D eigenvalue weighted by Gasteiger charge is 2.10. The molecule has 0 fully saturated rings. The van der Waals surface area contributed by atoms with E-state index in [1.807, 2.05) is 36.4 Å². The number of hydrogen-bond donors (Lipinski definition) is 1. The number of nitrogens with one attached hydrogen (secondary N) is 1. The first-order valence-corrected chi connectivity index (χ1v) is 7.88. The van der Waals surface area contributed by atoms with Gasteiger partial charge in [0.1, 0.15) is 6.04 Å². The largest absolute Gasteiger partial charge is 0.366 e. The zero-order valence-electron chi connectivity index (χ0n) is 12.3. The Bertz CT molecular complexity index is 626. The van der Waals surface area contributed by atoms with E-state index >= 15 is 0 Å². The van der Waals surface area contributed by atoms with E-state index in [9.17, 15) is 5.26 Å². The highest BCUT2D eigenvalue weighted by atomic mass is 79.9. The summed E-state index contributed by atoms with van der Waals surface area (Å²) in [5, 5.41) is 12.7. The van der Waals surface area contributed by atoms with E-state index in [0.717, 1.165) is 22.1 Å². The Morgan fingerprint density at radius 1 is 1.14 bits per heavy atom. The van der Waals surface area contributed by atoms with Crippen LogP contribution in [0, 0.1) is 17.2 Å². The van der Waals surface area contributed by atoms with Crippen molar-refractivity contribution in [2.75, 3.05) is 5.32 Å². The lowest BCUT2D eigenvalue weighted by Gasteiger charge is -2.14. The molecule has 3 heteroatoms. The molecule has 2 aromatic carbocycles. The maximum absolute atomic E-state index is 9.40. The molecule has 0 aliphatic heterocycles. The van der Waals surface area contributed by atoms with E-state index in [4.69, 9.17) is 0 Å². The van der Waals surface area contributed by atoms with Crippen molar-refractivity contribution in [2.45, 2.75) is 26.3 Å². The lowest BCUT2D eigenvalue weighted by molar-refractivity contribution is 0.647. The van der Waals surface area contributed by atoms with E-state index in [1.54, 1.807) is 0 Å². The molecule has 2 rings (SSSR count). The number of hydrogen-bond acceptors (Lipinski definition) is 2. The molecule has 0 aliphatic carbocycles. The predicted molar refractivity (Wildman–Crippen MR) is 91.1 cm³/mol. The average Bonchev–Trinajstić information content (AvgIpc) is 2.45. The van der Waals surface area contributed by atoms with Crippen LogP contribution in [-0.2, 0) is 6.42 Å². The fourth-order valence-corrected chi connectivity index (χ4v) is 2.65. The van der Waals surface area contributed by atoms with Crippen molar-refractivity contribution in [3.8, 4) is 6.07 Å². The van der Waals surface area contributed by atoms with E-state index < -0.39 is 0 Å². The van der Waals surface area contributed by atoms with E-state index in [1.165, 1.54) is 5.56 Å². The summed E-state index contributed by atoms with van der Waals surface area (Å²) in [7, 11) is 0. The fraction of sp³-hybridized carbons (Fsp3) is 0.278. The molecule has 2 aromatic rings. The zero-order chi connectivity index (χ0) is 15.2. The maximum atomic E-state index is 9.40. The number of halogens is 1. The second kappa shape index (κ2) is 7.28. The lowest BCUT2D eigenvalue weighted by Crippen LogP contribution is -2.08. The Labute approximate surface area is 134 Å². The van der Waals surface area contributed by atoms with Gasteiger partial charge in [-0.3, -0.25) is 0 Å². The van der Waals surface area contributed by atoms with Gasteiger partial charge in [-0.2, -0.15) is 5.26 Å². The van der Waals surface area contributed by atoms with Gasteiger partial charge in [0.25, 0.3) is 0 Å². The highest BCUT2D eigenvalue weighted by Crippen LogP contribution is 2.22. The molecule has 0 aliphatic rings. The molecule has 2 nitrogen and oxygen atoms in total. The van der Waals surface area contributed by atoms with Crippen LogP contribution >= 0.6 is 15.9 Å². The smallest absolute Gasteiger partial charge is 0.140 e. The topological polar surface area (TPSA) is 35.8 Å². The maximum Gasteiger partial charge on any atom is 0.140 e. The van der Waals surface area contributed by atoms with E-state index in [2.05, 4.69) is 53.3 Å². The molecule has 0 saturated carbocycles. The summed E-state index contributed by atoms with van der Waals surface area (Å²) >= 11 is 3.44. The minimum absolute atomic E-state index is 0.340. The first kappa shape index (κ1) is 15.6. The van der Waals surface area contributed by atoms with Crippen LogP contribution in [-0.4, -0.2) is 0 Å². The van der Waals surface area contributed by atoms with Gasteiger partial charge in [-0.15, -0.1) is 0 Å². The molecular weight excluding hydrogens is 324 g/mol. The summed E-state index contributed by atoms with van der Waals surface area (Å²) in [6.07, 6.45) is 1.07. The average molecular weight is 343 g/mol. The number of nitriles is 1. The van der Waals surface area contributed by atoms with Gasteiger partial charge >= 0.3 is 0 Å². The molecule has 1 N–H and O–H groups in total. The van der Waals surface area contributed by atoms with Crippen molar-refractivity contribution in [2.24, 2.45) is 5.92 Å². The van der Waals surface area contributed by atoms with Crippen LogP contribution in [0.2, 0.25) is 0 Å². The van der Waals surface area contributed by atoms with Gasteiger partial charge in [0.05, 0.1) is 6.07 Å². The third kappa shape index (κ3) is 4.61. The fourth-order valence-electron chi connectivity index (χ4n) is 2.25. The van der Waals surface area contributed by atoms with Gasteiger partial charge in [-0.25, -0.2) is 0 Å². The molecule has 108 valence electrons. The second-order valence-electron chi connectivity index (χ2n) is 5.56. The van der Waals surface area contributed by atoms with Gasteiger partial charge < -0.3 is 5.32 Å². The number of nitrogens with zero attached hydrogens (tertiary/aromatic N) is 1. The molecular formula is C18H19BrN2. The Morgan fingerprint density at radius 3 is 2.43 bits per heavy atom. The van der Waals surface area contributed by atoms with E-state index in [-0.39, 0.29) is 6.04 Å². The molecule has 1 atom stereocenters. The highest BCUT2D eigenvalue weighted by molar-refractivity contribution is 9.10. The minimum Gasteiger partial charge on any atom is -0.366 e. The van der Waals surface area contributed by atoms with Crippen LogP contribution in [0.3, 0.4) is 0 Å². The Balaban J connectivity index is 2.12. The zero-order valence-corrected chi connectivity index (χ0v) is 13.9. The Morgan fingerprint density at radius 2 is 1.86 bits per heavy atom. The van der Waals surface area contributed by atoms with Gasteiger partial charge in [0, 0.05) is 10.2 Å². The number of rotatable bonds is 5. The summed E-state index contributed by atoms with van der Waals surface area (Å²) in [6, 6.07) is 18.1. The van der Waals surface area contributed by atoms with Crippen LogP contribution in [0.25, 0.3) is 0 Å². The van der Waals surface area contributed by atoms with Gasteiger partial charge in [0.2, 0.25) is 0 Å². The summed E-state index contributed by atoms with van der Waals surface area (Å²) in [4.78, 5) is 0. The van der Waals surface area contributed by atoms with Gasteiger partial charge in [0.15, 0.2) is 0 Å². The van der Waals surface area contributed by atoms with Crippen molar-refractivity contribution in [3.05, 3.63) is 64.1 Å². The van der Waals surface area contributed by atoms with Gasteiger partial charge in [-0.05, 0) is 41.7 Å². The van der Waals surface area contributed by atoms with Crippen LogP contribution in [0.1, 0.15) is 31.0 Å². The SMILES string of the molecule is CC(C)Cc1ccc(C(C#N)Nc2cccc(Br)c2)cc1. The Hall–Kier alpha value is -1.79. The summed E-state index contributed by atoms with van der Waals surface area (Å²) < 4.78 is 0.997. The predicted octanol–water partition coefficient (Wildman–Crippen LogP) is 5.32. The third-order valence-electron chi connectivity index (χ3n) is 3.22. The third-order valence-corrected chi connectivity index (χ3v) is 3.71. The summed E-state index contributed by atoms with van der Waals surface area (Å²) in [6.45, 7) is 4.42. The molecule has 0 spiro atoms. The monoisotopic (exact) mass is 342 g/mol. The van der Waals surface area contributed by atoms with E-state index in [0.29, 0.717) is 5.92 Å². The van der Waals surface area contributed by atoms with Crippen LogP contribution < -0.4 is 5.32 Å². The van der Waals surface area contributed by atoms with Crippen molar-refractivity contribution in [3.63, 3.8) is 0 Å². The molecule has 0 heterocycles. The van der Waals surface area contributed by atoms with Crippen LogP contribution in [0.5, 0.6) is 0 Å². The summed E-state index contributed by atoms with van der Waals surface area (Å²) in [5.74, 6) is 0.641. The van der Waals surface area contributed by atoms with Gasteiger partial charge in [-0.1, -0.05) is 60.1 Å². The standard InChI is InChI=1S/C18H19BrN2/c1-13(2)10-14-6-8-15(9-7-14)18(12-20)21-17-5-3-4-16(19)11-17/h3-9,11,13,18,21H,10H2,1-2H3. The van der Waals surface area contributed by atoms with Crippen molar-refractivity contribution in [1.82, 2.24) is 0 Å². The quantitative estimate of drug-likeness (QED) is 0.797. The summed E-state index contributed by atoms with van der Waals surface area (Å²) in [5.41, 5.74) is 3.24. The lowest BCUT2D eigenvalue weighted by atomic mass is 9.99. The first-order valence-electron chi connectivity index (χ1n) is 7.09. The molecule has 0 amide bonds. The number of anilines is 1. The molecule has 0 radical (unpaired) electrons. The van der Waals surface area contributed by atoms with Crippen LogP contribution in [0.15, 0.2) is 53.0 Å². The second-order valence-corrected chi connectivity index (χ2v) is 6.47. The Kier molecular flexibility index (Phi) is 5.41. The number of benzene rings is 2. The molecule has 0 bridgehead atoms. The molecule has 1 unspecified atom stereocenters. The minimum atomic E-state index is -0.340.